The highest BCUT2D eigenvalue weighted by Crippen LogP contribution is 2.42. The Bertz CT molecular complexity index is 1070. The maximum absolute atomic E-state index is 13.3. The standard InChI is InChI=1S/C27H29N3O2/c1-20(21-9-11-22(12-10-21)23-6-5-16-29-19-23)30-17-15-27(18-26(30)32,14-13-25(28)31)24-7-3-2-4-8-24/h2-12,16,19-20H,13-15,17-18H2,1H3,(H2,28,31)/t20-,27-/m0/s1. The summed E-state index contributed by atoms with van der Waals surface area (Å²) < 4.78 is 0. The third-order valence-corrected chi connectivity index (χ3v) is 6.73. The number of piperidine rings is 1. The number of primary amides is 1. The molecule has 1 aliphatic rings. The third-order valence-electron chi connectivity index (χ3n) is 6.73. The van der Waals surface area contributed by atoms with Crippen LogP contribution in [0.5, 0.6) is 0 Å². The second-order valence-corrected chi connectivity index (χ2v) is 8.67. The lowest BCUT2D eigenvalue weighted by molar-refractivity contribution is -0.139. The van der Waals surface area contributed by atoms with Gasteiger partial charge in [-0.2, -0.15) is 0 Å². The summed E-state index contributed by atoms with van der Waals surface area (Å²) in [7, 11) is 0. The third kappa shape index (κ3) is 4.57. The van der Waals surface area contributed by atoms with Crippen LogP contribution in [0.3, 0.4) is 0 Å². The number of likely N-dealkylation sites (tertiary alicyclic amines) is 1. The van der Waals surface area contributed by atoms with Gasteiger partial charge in [-0.3, -0.25) is 14.6 Å². The highest BCUT2D eigenvalue weighted by molar-refractivity contribution is 5.80. The van der Waals surface area contributed by atoms with Gasteiger partial charge < -0.3 is 10.6 Å². The Morgan fingerprint density at radius 1 is 1.06 bits per heavy atom. The number of benzene rings is 2. The minimum atomic E-state index is -0.340. The van der Waals surface area contributed by atoms with E-state index in [4.69, 9.17) is 5.73 Å². The number of aromatic nitrogens is 1. The predicted molar refractivity (Wildman–Crippen MR) is 126 cm³/mol. The van der Waals surface area contributed by atoms with Gasteiger partial charge in [0, 0.05) is 37.2 Å². The van der Waals surface area contributed by atoms with Crippen molar-refractivity contribution in [1.82, 2.24) is 9.88 Å². The topological polar surface area (TPSA) is 76.3 Å². The molecule has 0 saturated carbocycles. The van der Waals surface area contributed by atoms with E-state index in [1.807, 2.05) is 41.4 Å². The summed E-state index contributed by atoms with van der Waals surface area (Å²) in [6.45, 7) is 2.73. The molecule has 1 saturated heterocycles. The van der Waals surface area contributed by atoms with Gasteiger partial charge in [0.1, 0.15) is 0 Å². The summed E-state index contributed by atoms with van der Waals surface area (Å²) in [5.74, 6) is -0.203. The minimum Gasteiger partial charge on any atom is -0.370 e. The van der Waals surface area contributed by atoms with E-state index in [9.17, 15) is 9.59 Å². The van der Waals surface area contributed by atoms with Crippen LogP contribution >= 0.6 is 0 Å². The van der Waals surface area contributed by atoms with Crippen molar-refractivity contribution in [2.24, 2.45) is 5.73 Å². The Labute approximate surface area is 189 Å². The second-order valence-electron chi connectivity index (χ2n) is 8.67. The molecule has 2 atom stereocenters. The molecule has 2 amide bonds. The van der Waals surface area contributed by atoms with Crippen LogP contribution in [0.4, 0.5) is 0 Å². The SMILES string of the molecule is C[C@@H](c1ccc(-c2cccnc2)cc1)N1CC[C@](CCC(N)=O)(c2ccccc2)CC1=O. The number of pyridine rings is 1. The Kier molecular flexibility index (Phi) is 6.35. The van der Waals surface area contributed by atoms with Gasteiger partial charge in [0.15, 0.2) is 0 Å². The van der Waals surface area contributed by atoms with Crippen LogP contribution in [-0.4, -0.2) is 28.2 Å². The van der Waals surface area contributed by atoms with Gasteiger partial charge >= 0.3 is 0 Å². The molecule has 5 nitrogen and oxygen atoms in total. The molecule has 2 N–H and O–H groups in total. The molecule has 5 heteroatoms. The maximum Gasteiger partial charge on any atom is 0.223 e. The van der Waals surface area contributed by atoms with E-state index in [1.54, 1.807) is 6.20 Å². The minimum absolute atomic E-state index is 0.0182. The van der Waals surface area contributed by atoms with Crippen molar-refractivity contribution in [3.05, 3.63) is 90.3 Å². The van der Waals surface area contributed by atoms with Gasteiger partial charge in [-0.15, -0.1) is 0 Å². The van der Waals surface area contributed by atoms with Crippen molar-refractivity contribution in [2.75, 3.05) is 6.54 Å². The van der Waals surface area contributed by atoms with Gasteiger partial charge in [0.05, 0.1) is 6.04 Å². The normalized spacial score (nSPS) is 19.5. The molecular weight excluding hydrogens is 398 g/mol. The molecule has 0 unspecified atom stereocenters. The molecule has 0 radical (unpaired) electrons. The number of rotatable bonds is 7. The first-order chi connectivity index (χ1) is 15.5. The van der Waals surface area contributed by atoms with Gasteiger partial charge in [0.25, 0.3) is 0 Å². The summed E-state index contributed by atoms with van der Waals surface area (Å²) in [5, 5.41) is 0. The first-order valence-electron chi connectivity index (χ1n) is 11.1. The fourth-order valence-electron chi connectivity index (χ4n) is 4.77. The van der Waals surface area contributed by atoms with Gasteiger partial charge in [0.2, 0.25) is 11.8 Å². The molecule has 1 aromatic heterocycles. The smallest absolute Gasteiger partial charge is 0.223 e. The van der Waals surface area contributed by atoms with Crippen molar-refractivity contribution in [3.8, 4) is 11.1 Å². The van der Waals surface area contributed by atoms with Crippen LogP contribution in [0.2, 0.25) is 0 Å². The molecule has 2 aromatic carbocycles. The van der Waals surface area contributed by atoms with Gasteiger partial charge in [-0.05, 0) is 48.1 Å². The summed E-state index contributed by atoms with van der Waals surface area (Å²) in [6.07, 6.45) is 5.70. The lowest BCUT2D eigenvalue weighted by Gasteiger charge is -2.44. The summed E-state index contributed by atoms with van der Waals surface area (Å²) in [5.41, 5.74) is 9.51. The van der Waals surface area contributed by atoms with Crippen molar-refractivity contribution < 1.29 is 9.59 Å². The van der Waals surface area contributed by atoms with E-state index in [2.05, 4.69) is 48.3 Å². The molecule has 32 heavy (non-hydrogen) atoms. The molecule has 0 bridgehead atoms. The Morgan fingerprint density at radius 3 is 2.44 bits per heavy atom. The van der Waals surface area contributed by atoms with Crippen LogP contribution in [-0.2, 0) is 15.0 Å². The lowest BCUT2D eigenvalue weighted by atomic mass is 9.69. The predicted octanol–water partition coefficient (Wildman–Crippen LogP) is 4.64. The Hall–Kier alpha value is -3.47. The zero-order chi connectivity index (χ0) is 22.6. The molecule has 3 aromatic rings. The number of carbonyl (C=O) groups is 2. The number of hydrogen-bond acceptors (Lipinski definition) is 3. The van der Waals surface area contributed by atoms with E-state index in [-0.39, 0.29) is 29.7 Å². The molecule has 0 spiro atoms. The van der Waals surface area contributed by atoms with Crippen LogP contribution in [0.25, 0.3) is 11.1 Å². The first kappa shape index (κ1) is 21.8. The Morgan fingerprint density at radius 2 is 1.81 bits per heavy atom. The van der Waals surface area contributed by atoms with Gasteiger partial charge in [-0.25, -0.2) is 0 Å². The average Bonchev–Trinajstić information content (AvgIpc) is 2.83. The molecule has 0 aliphatic carbocycles. The van der Waals surface area contributed by atoms with E-state index in [1.165, 1.54) is 0 Å². The Balaban J connectivity index is 1.51. The van der Waals surface area contributed by atoms with E-state index in [0.717, 1.165) is 28.7 Å². The molecule has 1 aliphatic heterocycles. The average molecular weight is 428 g/mol. The lowest BCUT2D eigenvalue weighted by Crippen LogP contribution is -2.47. The molecule has 164 valence electrons. The molecule has 1 fully saturated rings. The van der Waals surface area contributed by atoms with Crippen LogP contribution in [0, 0.1) is 0 Å². The quantitative estimate of drug-likeness (QED) is 0.597. The van der Waals surface area contributed by atoms with Crippen LogP contribution < -0.4 is 5.73 Å². The summed E-state index contributed by atoms with van der Waals surface area (Å²) in [6, 6.07) is 22.4. The summed E-state index contributed by atoms with van der Waals surface area (Å²) >= 11 is 0. The zero-order valence-electron chi connectivity index (χ0n) is 18.4. The maximum atomic E-state index is 13.3. The fourth-order valence-corrected chi connectivity index (χ4v) is 4.77. The number of nitrogens with zero attached hydrogens (tertiary/aromatic N) is 2. The molecular formula is C27H29N3O2. The van der Waals surface area contributed by atoms with Crippen molar-refractivity contribution in [1.29, 1.82) is 0 Å². The molecule has 2 heterocycles. The highest BCUT2D eigenvalue weighted by atomic mass is 16.2. The summed E-state index contributed by atoms with van der Waals surface area (Å²) in [4.78, 5) is 31.0. The van der Waals surface area contributed by atoms with E-state index >= 15 is 0 Å². The second kappa shape index (κ2) is 9.35. The zero-order valence-corrected chi connectivity index (χ0v) is 18.4. The van der Waals surface area contributed by atoms with Crippen LogP contribution in [0.1, 0.15) is 49.8 Å². The highest BCUT2D eigenvalue weighted by Gasteiger charge is 2.41. The number of carbonyl (C=O) groups excluding carboxylic acids is 2. The number of nitrogens with two attached hydrogens (primary N) is 1. The number of hydrogen-bond donors (Lipinski definition) is 1. The van der Waals surface area contributed by atoms with Crippen molar-refractivity contribution in [2.45, 2.75) is 44.1 Å². The fraction of sp³-hybridized carbons (Fsp3) is 0.296. The van der Waals surface area contributed by atoms with E-state index < -0.39 is 0 Å². The largest absolute Gasteiger partial charge is 0.370 e. The van der Waals surface area contributed by atoms with Crippen molar-refractivity contribution in [3.63, 3.8) is 0 Å². The monoisotopic (exact) mass is 427 g/mol. The first-order valence-corrected chi connectivity index (χ1v) is 11.1. The number of amides is 2. The van der Waals surface area contributed by atoms with Crippen molar-refractivity contribution >= 4 is 11.8 Å². The van der Waals surface area contributed by atoms with Crippen LogP contribution in [0.15, 0.2) is 79.1 Å². The van der Waals surface area contributed by atoms with Gasteiger partial charge in [-0.1, -0.05) is 60.7 Å². The van der Waals surface area contributed by atoms with E-state index in [0.29, 0.717) is 19.4 Å². The molecule has 4 rings (SSSR count).